The van der Waals surface area contributed by atoms with E-state index in [1.165, 1.54) is 5.56 Å². The standard InChI is InChI=1S/C13H18ClNO2/c1-16-12-7-9-3-4-10(14)5-6-15-11(9)8-13(12)17-2/h7-8,10,15H,3-6H2,1-2H3/t10-/m0/s1. The molecule has 0 aliphatic carbocycles. The fourth-order valence-electron chi connectivity index (χ4n) is 2.11. The molecule has 17 heavy (non-hydrogen) atoms. The molecule has 2 rings (SSSR count). The van der Waals surface area contributed by atoms with Crippen molar-refractivity contribution in [1.29, 1.82) is 0 Å². The van der Waals surface area contributed by atoms with Crippen LogP contribution in [0.3, 0.4) is 0 Å². The minimum Gasteiger partial charge on any atom is -0.493 e. The molecule has 0 spiro atoms. The second kappa shape index (κ2) is 5.50. The Hall–Kier alpha value is -1.09. The van der Waals surface area contributed by atoms with Crippen molar-refractivity contribution in [2.45, 2.75) is 24.6 Å². The summed E-state index contributed by atoms with van der Waals surface area (Å²) in [5.41, 5.74) is 2.37. The minimum atomic E-state index is 0.253. The summed E-state index contributed by atoms with van der Waals surface area (Å²) < 4.78 is 10.6. The number of alkyl halides is 1. The number of hydrogen-bond donors (Lipinski definition) is 1. The van der Waals surface area contributed by atoms with Gasteiger partial charge < -0.3 is 14.8 Å². The Balaban J connectivity index is 2.33. The number of methoxy groups -OCH3 is 2. The lowest BCUT2D eigenvalue weighted by Crippen LogP contribution is -2.15. The predicted octanol–water partition coefficient (Wildman–Crippen LogP) is 3.06. The van der Waals surface area contributed by atoms with Crippen molar-refractivity contribution in [2.24, 2.45) is 0 Å². The molecule has 4 heteroatoms. The number of fused-ring (bicyclic) bond motifs is 1. The van der Waals surface area contributed by atoms with Crippen LogP contribution < -0.4 is 14.8 Å². The Labute approximate surface area is 107 Å². The summed E-state index contributed by atoms with van der Waals surface area (Å²) in [4.78, 5) is 0. The van der Waals surface area contributed by atoms with E-state index in [2.05, 4.69) is 5.32 Å². The molecule has 1 aromatic carbocycles. The Bertz CT molecular complexity index is 395. The monoisotopic (exact) mass is 255 g/mol. The van der Waals surface area contributed by atoms with Gasteiger partial charge in [-0.15, -0.1) is 11.6 Å². The Kier molecular flexibility index (Phi) is 4.00. The molecule has 0 fully saturated rings. The van der Waals surface area contributed by atoms with Crippen LogP contribution in [0.5, 0.6) is 11.5 Å². The number of anilines is 1. The number of hydrogen-bond acceptors (Lipinski definition) is 3. The van der Waals surface area contributed by atoms with Crippen molar-refractivity contribution in [3.63, 3.8) is 0 Å². The van der Waals surface area contributed by atoms with E-state index in [9.17, 15) is 0 Å². The van der Waals surface area contributed by atoms with E-state index in [4.69, 9.17) is 21.1 Å². The lowest BCUT2D eigenvalue weighted by molar-refractivity contribution is 0.354. The highest BCUT2D eigenvalue weighted by molar-refractivity contribution is 6.20. The number of halogens is 1. The van der Waals surface area contributed by atoms with E-state index in [0.717, 1.165) is 43.0 Å². The highest BCUT2D eigenvalue weighted by Crippen LogP contribution is 2.35. The van der Waals surface area contributed by atoms with Gasteiger partial charge in [-0.3, -0.25) is 0 Å². The fraction of sp³-hybridized carbons (Fsp3) is 0.538. The van der Waals surface area contributed by atoms with Gasteiger partial charge in [0.2, 0.25) is 0 Å². The molecular weight excluding hydrogens is 238 g/mol. The van der Waals surface area contributed by atoms with Crippen LogP contribution >= 0.6 is 11.6 Å². The van der Waals surface area contributed by atoms with Crippen LogP contribution in [0.4, 0.5) is 5.69 Å². The van der Waals surface area contributed by atoms with E-state index in [-0.39, 0.29) is 5.38 Å². The second-order valence-electron chi connectivity index (χ2n) is 4.22. The van der Waals surface area contributed by atoms with Crippen molar-refractivity contribution < 1.29 is 9.47 Å². The molecule has 0 saturated heterocycles. The van der Waals surface area contributed by atoms with E-state index in [1.807, 2.05) is 12.1 Å². The average Bonchev–Trinajstić information content (AvgIpc) is 2.34. The molecule has 0 aromatic heterocycles. The number of benzene rings is 1. The third kappa shape index (κ3) is 2.78. The van der Waals surface area contributed by atoms with Gasteiger partial charge in [-0.1, -0.05) is 0 Å². The molecule has 1 N–H and O–H groups in total. The Morgan fingerprint density at radius 1 is 1.18 bits per heavy atom. The zero-order valence-electron chi connectivity index (χ0n) is 10.3. The zero-order valence-corrected chi connectivity index (χ0v) is 11.0. The van der Waals surface area contributed by atoms with Crippen molar-refractivity contribution in [2.75, 3.05) is 26.1 Å². The maximum Gasteiger partial charge on any atom is 0.162 e. The topological polar surface area (TPSA) is 30.5 Å². The lowest BCUT2D eigenvalue weighted by Gasteiger charge is -2.20. The predicted molar refractivity (Wildman–Crippen MR) is 70.6 cm³/mol. The molecule has 0 bridgehead atoms. The second-order valence-corrected chi connectivity index (χ2v) is 4.83. The van der Waals surface area contributed by atoms with E-state index in [1.54, 1.807) is 14.2 Å². The van der Waals surface area contributed by atoms with Gasteiger partial charge >= 0.3 is 0 Å². The van der Waals surface area contributed by atoms with Gasteiger partial charge in [0.15, 0.2) is 11.5 Å². The van der Waals surface area contributed by atoms with Crippen molar-refractivity contribution in [3.05, 3.63) is 17.7 Å². The minimum absolute atomic E-state index is 0.253. The van der Waals surface area contributed by atoms with Gasteiger partial charge in [0.1, 0.15) is 0 Å². The molecule has 1 aliphatic heterocycles. The summed E-state index contributed by atoms with van der Waals surface area (Å²) >= 11 is 6.20. The molecule has 1 aliphatic rings. The van der Waals surface area contributed by atoms with Crippen LogP contribution in [0.25, 0.3) is 0 Å². The molecule has 3 nitrogen and oxygen atoms in total. The molecule has 0 saturated carbocycles. The van der Waals surface area contributed by atoms with Gasteiger partial charge in [0.25, 0.3) is 0 Å². The van der Waals surface area contributed by atoms with Crippen molar-refractivity contribution >= 4 is 17.3 Å². The lowest BCUT2D eigenvalue weighted by atomic mass is 10.0. The van der Waals surface area contributed by atoms with E-state index >= 15 is 0 Å². The van der Waals surface area contributed by atoms with Crippen LogP contribution in [0.1, 0.15) is 18.4 Å². The van der Waals surface area contributed by atoms with Crippen LogP contribution in [0, 0.1) is 0 Å². The molecule has 0 amide bonds. The summed E-state index contributed by atoms with van der Waals surface area (Å²) in [7, 11) is 3.31. The molecular formula is C13H18ClNO2. The summed E-state index contributed by atoms with van der Waals surface area (Å²) in [5, 5.41) is 3.66. The summed E-state index contributed by atoms with van der Waals surface area (Å²) in [6, 6.07) is 4.04. The van der Waals surface area contributed by atoms with Gasteiger partial charge in [0.05, 0.1) is 14.2 Å². The first-order chi connectivity index (χ1) is 8.24. The number of rotatable bonds is 2. The number of ether oxygens (including phenoxy) is 2. The van der Waals surface area contributed by atoms with E-state index in [0.29, 0.717) is 0 Å². The highest BCUT2D eigenvalue weighted by Gasteiger charge is 2.15. The SMILES string of the molecule is COc1cc2c(cc1OC)NCC[C@@H](Cl)CC2. The Morgan fingerprint density at radius 2 is 1.88 bits per heavy atom. The molecule has 1 atom stereocenters. The first-order valence-electron chi connectivity index (χ1n) is 5.87. The maximum absolute atomic E-state index is 6.20. The van der Waals surface area contributed by atoms with Gasteiger partial charge in [-0.2, -0.15) is 0 Å². The van der Waals surface area contributed by atoms with Crippen molar-refractivity contribution in [1.82, 2.24) is 0 Å². The van der Waals surface area contributed by atoms with Gasteiger partial charge in [-0.05, 0) is 30.9 Å². The normalized spacial score (nSPS) is 19.6. The van der Waals surface area contributed by atoms with Crippen LogP contribution in [-0.4, -0.2) is 26.1 Å². The number of aryl methyl sites for hydroxylation is 1. The fourth-order valence-corrected chi connectivity index (χ4v) is 2.33. The van der Waals surface area contributed by atoms with Gasteiger partial charge in [-0.25, -0.2) is 0 Å². The van der Waals surface area contributed by atoms with Crippen LogP contribution in [0.15, 0.2) is 12.1 Å². The van der Waals surface area contributed by atoms with Crippen LogP contribution in [0.2, 0.25) is 0 Å². The third-order valence-electron chi connectivity index (χ3n) is 3.11. The molecule has 0 radical (unpaired) electrons. The Morgan fingerprint density at radius 3 is 2.59 bits per heavy atom. The molecule has 94 valence electrons. The van der Waals surface area contributed by atoms with Gasteiger partial charge in [0, 0.05) is 23.7 Å². The zero-order chi connectivity index (χ0) is 12.3. The average molecular weight is 256 g/mol. The summed E-state index contributed by atoms with van der Waals surface area (Å²) in [6.45, 7) is 0.899. The smallest absolute Gasteiger partial charge is 0.162 e. The summed E-state index contributed by atoms with van der Waals surface area (Å²) in [6.07, 6.45) is 2.97. The quantitative estimate of drug-likeness (QED) is 0.824. The van der Waals surface area contributed by atoms with E-state index < -0.39 is 0 Å². The maximum atomic E-state index is 6.20. The molecule has 1 aromatic rings. The number of nitrogens with one attached hydrogen (secondary N) is 1. The largest absolute Gasteiger partial charge is 0.493 e. The molecule has 0 unspecified atom stereocenters. The first kappa shape index (κ1) is 12.4. The highest BCUT2D eigenvalue weighted by atomic mass is 35.5. The third-order valence-corrected chi connectivity index (χ3v) is 3.55. The van der Waals surface area contributed by atoms with Crippen LogP contribution in [-0.2, 0) is 6.42 Å². The van der Waals surface area contributed by atoms with Crippen molar-refractivity contribution in [3.8, 4) is 11.5 Å². The molecule has 1 heterocycles. The summed E-state index contributed by atoms with van der Waals surface area (Å²) in [5.74, 6) is 1.54. The first-order valence-corrected chi connectivity index (χ1v) is 6.31.